The predicted octanol–water partition coefficient (Wildman–Crippen LogP) is 2.21. The molecular formula is C16H19N5O. The van der Waals surface area contributed by atoms with E-state index in [4.69, 9.17) is 0 Å². The van der Waals surface area contributed by atoms with Crippen molar-refractivity contribution in [2.75, 3.05) is 0 Å². The molecule has 2 N–H and O–H groups in total. The molecule has 1 atom stereocenters. The molecule has 2 heterocycles. The first-order valence-electron chi connectivity index (χ1n) is 7.36. The fourth-order valence-corrected chi connectivity index (χ4v) is 2.44. The number of hydrogen-bond acceptors (Lipinski definition) is 3. The SMILES string of the molecule is CC(C)[C@H](Cn1nccn1)NC(=O)c1c[nH]c2ccccc12. The number of benzene rings is 1. The number of rotatable bonds is 5. The molecule has 22 heavy (non-hydrogen) atoms. The lowest BCUT2D eigenvalue weighted by Gasteiger charge is -2.21. The molecule has 0 bridgehead atoms. The first-order chi connectivity index (χ1) is 10.6. The van der Waals surface area contributed by atoms with E-state index in [1.807, 2.05) is 24.3 Å². The number of carbonyl (C=O) groups excluding carboxylic acids is 1. The first-order valence-corrected chi connectivity index (χ1v) is 7.36. The van der Waals surface area contributed by atoms with Crippen molar-refractivity contribution >= 4 is 16.8 Å². The Morgan fingerprint density at radius 2 is 2.00 bits per heavy atom. The lowest BCUT2D eigenvalue weighted by molar-refractivity contribution is 0.0919. The van der Waals surface area contributed by atoms with Gasteiger partial charge in [-0.15, -0.1) is 0 Å². The number of aromatic amines is 1. The van der Waals surface area contributed by atoms with Crippen molar-refractivity contribution in [3.8, 4) is 0 Å². The molecule has 0 unspecified atom stereocenters. The summed E-state index contributed by atoms with van der Waals surface area (Å²) in [6.45, 7) is 4.70. The van der Waals surface area contributed by atoms with E-state index in [-0.39, 0.29) is 17.9 Å². The Bertz CT molecular complexity index is 760. The Labute approximate surface area is 128 Å². The van der Waals surface area contributed by atoms with Gasteiger partial charge in [-0.2, -0.15) is 15.0 Å². The zero-order valence-corrected chi connectivity index (χ0v) is 12.7. The zero-order chi connectivity index (χ0) is 15.5. The van der Waals surface area contributed by atoms with Crippen LogP contribution in [-0.4, -0.2) is 31.9 Å². The van der Waals surface area contributed by atoms with Crippen molar-refractivity contribution in [2.24, 2.45) is 5.92 Å². The van der Waals surface area contributed by atoms with Gasteiger partial charge in [0.25, 0.3) is 5.91 Å². The highest BCUT2D eigenvalue weighted by molar-refractivity contribution is 6.06. The van der Waals surface area contributed by atoms with Crippen LogP contribution in [0.4, 0.5) is 0 Å². The summed E-state index contributed by atoms with van der Waals surface area (Å²) in [6, 6.07) is 7.75. The molecule has 0 radical (unpaired) electrons. The number of nitrogens with zero attached hydrogens (tertiary/aromatic N) is 3. The highest BCUT2D eigenvalue weighted by Crippen LogP contribution is 2.18. The van der Waals surface area contributed by atoms with E-state index in [1.54, 1.807) is 23.4 Å². The second kappa shape index (κ2) is 6.01. The summed E-state index contributed by atoms with van der Waals surface area (Å²) in [5, 5.41) is 12.2. The lowest BCUT2D eigenvalue weighted by Crippen LogP contribution is -2.42. The van der Waals surface area contributed by atoms with Crippen LogP contribution in [0.2, 0.25) is 0 Å². The normalized spacial score (nSPS) is 12.7. The van der Waals surface area contributed by atoms with Crippen molar-refractivity contribution in [1.29, 1.82) is 0 Å². The summed E-state index contributed by atoms with van der Waals surface area (Å²) in [5.74, 6) is 0.198. The van der Waals surface area contributed by atoms with E-state index in [0.717, 1.165) is 10.9 Å². The smallest absolute Gasteiger partial charge is 0.253 e. The van der Waals surface area contributed by atoms with Crippen LogP contribution in [0.15, 0.2) is 42.9 Å². The van der Waals surface area contributed by atoms with E-state index >= 15 is 0 Å². The fraction of sp³-hybridized carbons (Fsp3) is 0.312. The minimum absolute atomic E-state index is 0.0337. The molecule has 3 rings (SSSR count). The summed E-state index contributed by atoms with van der Waals surface area (Å²) in [5.41, 5.74) is 1.62. The van der Waals surface area contributed by atoms with E-state index in [2.05, 4.69) is 34.3 Å². The highest BCUT2D eigenvalue weighted by Gasteiger charge is 2.20. The van der Waals surface area contributed by atoms with Gasteiger partial charge < -0.3 is 10.3 Å². The summed E-state index contributed by atoms with van der Waals surface area (Å²) < 4.78 is 0. The second-order valence-corrected chi connectivity index (χ2v) is 5.66. The molecule has 0 saturated heterocycles. The molecule has 6 nitrogen and oxygen atoms in total. The molecule has 1 amide bonds. The van der Waals surface area contributed by atoms with Crippen LogP contribution in [-0.2, 0) is 6.54 Å². The Morgan fingerprint density at radius 3 is 2.73 bits per heavy atom. The summed E-state index contributed by atoms with van der Waals surface area (Å²) in [4.78, 5) is 17.3. The largest absolute Gasteiger partial charge is 0.360 e. The number of fused-ring (bicyclic) bond motifs is 1. The molecule has 3 aromatic rings. The zero-order valence-electron chi connectivity index (χ0n) is 12.7. The maximum absolute atomic E-state index is 12.6. The number of amides is 1. The summed E-state index contributed by atoms with van der Waals surface area (Å²) >= 11 is 0. The van der Waals surface area contributed by atoms with Crippen LogP contribution >= 0.6 is 0 Å². The third-order valence-corrected chi connectivity index (χ3v) is 3.78. The van der Waals surface area contributed by atoms with E-state index in [0.29, 0.717) is 12.1 Å². The van der Waals surface area contributed by atoms with Gasteiger partial charge in [0, 0.05) is 17.1 Å². The molecule has 6 heteroatoms. The monoisotopic (exact) mass is 297 g/mol. The van der Waals surface area contributed by atoms with Crippen molar-refractivity contribution in [1.82, 2.24) is 25.3 Å². The van der Waals surface area contributed by atoms with Crippen LogP contribution < -0.4 is 5.32 Å². The maximum atomic E-state index is 12.6. The van der Waals surface area contributed by atoms with Gasteiger partial charge in [-0.05, 0) is 12.0 Å². The third-order valence-electron chi connectivity index (χ3n) is 3.78. The van der Waals surface area contributed by atoms with Crippen LogP contribution in [0.25, 0.3) is 10.9 Å². The Hall–Kier alpha value is -2.63. The Balaban J connectivity index is 1.79. The predicted molar refractivity (Wildman–Crippen MR) is 84.4 cm³/mol. The minimum Gasteiger partial charge on any atom is -0.360 e. The number of carbonyl (C=O) groups is 1. The van der Waals surface area contributed by atoms with Crippen LogP contribution in [0.5, 0.6) is 0 Å². The van der Waals surface area contributed by atoms with Gasteiger partial charge in [0.1, 0.15) is 0 Å². The number of H-pyrrole nitrogens is 1. The number of hydrogen-bond donors (Lipinski definition) is 2. The van der Waals surface area contributed by atoms with Crippen LogP contribution in [0.3, 0.4) is 0 Å². The standard InChI is InChI=1S/C16H19N5O/c1-11(2)15(10-21-18-7-8-19-21)20-16(22)13-9-17-14-6-4-3-5-12(13)14/h3-9,11,15,17H,10H2,1-2H3,(H,20,22)/t15-/m0/s1. The Kier molecular flexibility index (Phi) is 3.91. The topological polar surface area (TPSA) is 75.6 Å². The van der Waals surface area contributed by atoms with Gasteiger partial charge in [-0.3, -0.25) is 4.79 Å². The number of nitrogens with one attached hydrogen (secondary N) is 2. The molecule has 0 aliphatic heterocycles. The average Bonchev–Trinajstić information content (AvgIpc) is 3.15. The van der Waals surface area contributed by atoms with Gasteiger partial charge >= 0.3 is 0 Å². The van der Waals surface area contributed by atoms with Crippen molar-refractivity contribution in [2.45, 2.75) is 26.4 Å². The lowest BCUT2D eigenvalue weighted by atomic mass is 10.0. The first kappa shape index (κ1) is 14.3. The maximum Gasteiger partial charge on any atom is 0.253 e. The second-order valence-electron chi connectivity index (χ2n) is 5.66. The van der Waals surface area contributed by atoms with Gasteiger partial charge in [0.2, 0.25) is 0 Å². The number of para-hydroxylation sites is 1. The molecular weight excluding hydrogens is 278 g/mol. The summed E-state index contributed by atoms with van der Waals surface area (Å²) in [6.07, 6.45) is 5.03. The average molecular weight is 297 g/mol. The Morgan fingerprint density at radius 1 is 1.27 bits per heavy atom. The molecule has 0 aliphatic rings. The van der Waals surface area contributed by atoms with Crippen LogP contribution in [0, 0.1) is 5.92 Å². The molecule has 114 valence electrons. The number of aromatic nitrogens is 4. The molecule has 0 fully saturated rings. The molecule has 1 aromatic carbocycles. The molecule has 0 saturated carbocycles. The van der Waals surface area contributed by atoms with Crippen molar-refractivity contribution in [3.05, 3.63) is 48.4 Å². The van der Waals surface area contributed by atoms with Gasteiger partial charge in [-0.1, -0.05) is 32.0 Å². The van der Waals surface area contributed by atoms with Gasteiger partial charge in [0.15, 0.2) is 0 Å². The van der Waals surface area contributed by atoms with E-state index in [1.165, 1.54) is 0 Å². The van der Waals surface area contributed by atoms with Crippen LogP contribution in [0.1, 0.15) is 24.2 Å². The quantitative estimate of drug-likeness (QED) is 0.758. The summed E-state index contributed by atoms with van der Waals surface area (Å²) in [7, 11) is 0. The van der Waals surface area contributed by atoms with Crippen molar-refractivity contribution in [3.63, 3.8) is 0 Å². The molecule has 0 spiro atoms. The van der Waals surface area contributed by atoms with E-state index in [9.17, 15) is 4.79 Å². The fourth-order valence-electron chi connectivity index (χ4n) is 2.44. The minimum atomic E-state index is -0.0803. The van der Waals surface area contributed by atoms with Crippen molar-refractivity contribution < 1.29 is 4.79 Å². The molecule has 2 aromatic heterocycles. The molecule has 0 aliphatic carbocycles. The van der Waals surface area contributed by atoms with Gasteiger partial charge in [-0.25, -0.2) is 0 Å². The third kappa shape index (κ3) is 2.86. The highest BCUT2D eigenvalue weighted by atomic mass is 16.1. The van der Waals surface area contributed by atoms with E-state index < -0.39 is 0 Å². The van der Waals surface area contributed by atoms with Gasteiger partial charge in [0.05, 0.1) is 30.5 Å².